The van der Waals surface area contributed by atoms with Gasteiger partial charge < -0.3 is 9.84 Å². The van der Waals surface area contributed by atoms with Gasteiger partial charge in [0.1, 0.15) is 12.7 Å². The number of carbonyl (C=O) groups is 1. The van der Waals surface area contributed by atoms with Gasteiger partial charge in [-0.05, 0) is 25.5 Å². The Labute approximate surface area is 201 Å². The maximum atomic E-state index is 12.3. The predicted octanol–water partition coefficient (Wildman–Crippen LogP) is 6.09. The number of hydrogen-bond donors (Lipinski definition) is 1. The molecular formula is C26H44O6S. The van der Waals surface area contributed by atoms with E-state index >= 15 is 0 Å². The molecule has 0 bridgehead atoms. The van der Waals surface area contributed by atoms with E-state index in [0.717, 1.165) is 24.8 Å². The highest BCUT2D eigenvalue weighted by Gasteiger charge is 2.22. The average Bonchev–Trinajstić information content (AvgIpc) is 2.80. The number of aliphatic hydroxyl groups excluding tert-OH is 1. The van der Waals surface area contributed by atoms with Crippen LogP contribution in [0, 0.1) is 6.92 Å². The standard InChI is InChI=1S/C26H44O6S/c1-3-4-5-6-7-8-9-10-11-12-13-14-15-16-26(28)31-22-24(21-27)32-33(29,30)25-19-17-23(2)18-20-25/h17-20,24,27H,3-16,21-22H2,1-2H3. The summed E-state index contributed by atoms with van der Waals surface area (Å²) < 4.78 is 34.7. The van der Waals surface area contributed by atoms with E-state index in [1.807, 2.05) is 6.92 Å². The second-order valence-electron chi connectivity index (χ2n) is 8.84. The summed E-state index contributed by atoms with van der Waals surface area (Å²) in [6, 6.07) is 6.22. The van der Waals surface area contributed by atoms with E-state index in [1.165, 1.54) is 76.3 Å². The Morgan fingerprint density at radius 1 is 0.848 bits per heavy atom. The molecule has 0 aliphatic heterocycles. The number of esters is 1. The molecule has 1 rings (SSSR count). The van der Waals surface area contributed by atoms with E-state index < -0.39 is 28.8 Å². The third-order valence-corrected chi connectivity index (χ3v) is 7.07. The number of benzene rings is 1. The highest BCUT2D eigenvalue weighted by Crippen LogP contribution is 2.16. The molecule has 0 aliphatic rings. The lowest BCUT2D eigenvalue weighted by molar-refractivity contribution is -0.146. The summed E-state index contributed by atoms with van der Waals surface area (Å²) >= 11 is 0. The largest absolute Gasteiger partial charge is 0.463 e. The van der Waals surface area contributed by atoms with E-state index in [4.69, 9.17) is 8.92 Å². The first-order valence-corrected chi connectivity index (χ1v) is 14.1. The first kappa shape index (κ1) is 29.6. The lowest BCUT2D eigenvalue weighted by Crippen LogP contribution is -2.28. The van der Waals surface area contributed by atoms with Gasteiger partial charge in [-0.15, -0.1) is 0 Å². The molecule has 1 unspecified atom stereocenters. The van der Waals surface area contributed by atoms with Crippen LogP contribution in [0.3, 0.4) is 0 Å². The van der Waals surface area contributed by atoms with E-state index in [-0.39, 0.29) is 11.5 Å². The fraction of sp³-hybridized carbons (Fsp3) is 0.731. The van der Waals surface area contributed by atoms with Crippen LogP contribution < -0.4 is 0 Å². The molecule has 0 aliphatic carbocycles. The Hall–Kier alpha value is -1.44. The van der Waals surface area contributed by atoms with Crippen molar-refractivity contribution in [3.05, 3.63) is 29.8 Å². The highest BCUT2D eigenvalue weighted by atomic mass is 32.2. The number of ether oxygens (including phenoxy) is 1. The van der Waals surface area contributed by atoms with Crippen molar-refractivity contribution in [1.82, 2.24) is 0 Å². The fourth-order valence-corrected chi connectivity index (χ4v) is 4.65. The highest BCUT2D eigenvalue weighted by molar-refractivity contribution is 7.86. The minimum atomic E-state index is -4.03. The molecule has 6 nitrogen and oxygen atoms in total. The summed E-state index contributed by atoms with van der Waals surface area (Å²) in [5.74, 6) is -0.396. The van der Waals surface area contributed by atoms with Crippen molar-refractivity contribution < 1.29 is 27.2 Å². The van der Waals surface area contributed by atoms with Crippen LogP contribution in [0.25, 0.3) is 0 Å². The van der Waals surface area contributed by atoms with Gasteiger partial charge in [-0.1, -0.05) is 102 Å². The molecular weight excluding hydrogens is 440 g/mol. The van der Waals surface area contributed by atoms with Crippen LogP contribution in [0.4, 0.5) is 0 Å². The van der Waals surface area contributed by atoms with Crippen LogP contribution in [0.15, 0.2) is 29.2 Å². The van der Waals surface area contributed by atoms with Gasteiger partial charge in [-0.25, -0.2) is 0 Å². The van der Waals surface area contributed by atoms with E-state index in [0.29, 0.717) is 6.42 Å². The Bertz CT molecular complexity index is 730. The molecule has 0 spiro atoms. The summed E-state index contributed by atoms with van der Waals surface area (Å²) in [5, 5.41) is 9.41. The Morgan fingerprint density at radius 2 is 1.33 bits per heavy atom. The van der Waals surface area contributed by atoms with Gasteiger partial charge in [-0.2, -0.15) is 8.42 Å². The molecule has 0 saturated carbocycles. The van der Waals surface area contributed by atoms with Crippen molar-refractivity contribution in [2.75, 3.05) is 13.2 Å². The molecule has 0 saturated heterocycles. The maximum absolute atomic E-state index is 12.3. The third kappa shape index (κ3) is 14.4. The van der Waals surface area contributed by atoms with Gasteiger partial charge in [0.2, 0.25) is 0 Å². The van der Waals surface area contributed by atoms with Crippen molar-refractivity contribution in [3.8, 4) is 0 Å². The molecule has 1 atom stereocenters. The normalized spacial score (nSPS) is 12.6. The molecule has 1 aromatic rings. The van der Waals surface area contributed by atoms with Gasteiger partial charge in [0, 0.05) is 6.42 Å². The first-order chi connectivity index (χ1) is 15.9. The van der Waals surface area contributed by atoms with Crippen LogP contribution in [0.5, 0.6) is 0 Å². The smallest absolute Gasteiger partial charge is 0.305 e. The number of hydrogen-bond acceptors (Lipinski definition) is 6. The average molecular weight is 485 g/mol. The summed E-state index contributed by atoms with van der Waals surface area (Å²) in [6.45, 7) is 3.24. The first-order valence-electron chi connectivity index (χ1n) is 12.7. The second kappa shape index (κ2) is 18.0. The quantitative estimate of drug-likeness (QED) is 0.137. The number of rotatable bonds is 20. The molecule has 0 heterocycles. The second-order valence-corrected chi connectivity index (χ2v) is 10.4. The van der Waals surface area contributed by atoms with E-state index in [1.54, 1.807) is 12.1 Å². The van der Waals surface area contributed by atoms with Crippen molar-refractivity contribution in [2.45, 2.75) is 115 Å². The zero-order valence-corrected chi connectivity index (χ0v) is 21.4. The van der Waals surface area contributed by atoms with Gasteiger partial charge in [-0.3, -0.25) is 8.98 Å². The fourth-order valence-electron chi connectivity index (χ4n) is 3.60. The Kier molecular flexibility index (Phi) is 16.1. The Morgan fingerprint density at radius 3 is 1.82 bits per heavy atom. The lowest BCUT2D eigenvalue weighted by Gasteiger charge is -2.15. The minimum absolute atomic E-state index is 0.00449. The summed E-state index contributed by atoms with van der Waals surface area (Å²) in [4.78, 5) is 11.9. The molecule has 33 heavy (non-hydrogen) atoms. The van der Waals surface area contributed by atoms with E-state index in [9.17, 15) is 18.3 Å². The predicted molar refractivity (Wildman–Crippen MR) is 132 cm³/mol. The third-order valence-electron chi connectivity index (χ3n) is 5.69. The topological polar surface area (TPSA) is 89.9 Å². The van der Waals surface area contributed by atoms with Gasteiger partial charge in [0.25, 0.3) is 10.1 Å². The molecule has 0 amide bonds. The Balaban J connectivity index is 2.08. The minimum Gasteiger partial charge on any atom is -0.463 e. The molecule has 7 heteroatoms. The van der Waals surface area contributed by atoms with Crippen molar-refractivity contribution in [1.29, 1.82) is 0 Å². The summed E-state index contributed by atoms with van der Waals surface area (Å²) in [6.07, 6.45) is 15.2. The molecule has 0 radical (unpaired) electrons. The number of unbranched alkanes of at least 4 members (excludes halogenated alkanes) is 12. The zero-order chi connectivity index (χ0) is 24.4. The van der Waals surface area contributed by atoms with Crippen LogP contribution in [0.1, 0.15) is 102 Å². The number of aryl methyl sites for hydroxylation is 1. The van der Waals surface area contributed by atoms with Crippen LogP contribution in [-0.4, -0.2) is 38.8 Å². The lowest BCUT2D eigenvalue weighted by atomic mass is 10.0. The van der Waals surface area contributed by atoms with Gasteiger partial charge in [0.15, 0.2) is 0 Å². The summed E-state index contributed by atoms with van der Waals surface area (Å²) in [5.41, 5.74) is 0.926. The monoisotopic (exact) mass is 484 g/mol. The van der Waals surface area contributed by atoms with Crippen LogP contribution in [-0.2, 0) is 23.8 Å². The summed E-state index contributed by atoms with van der Waals surface area (Å²) in [7, 11) is -4.03. The molecule has 1 N–H and O–H groups in total. The maximum Gasteiger partial charge on any atom is 0.305 e. The van der Waals surface area contributed by atoms with Gasteiger partial charge in [0.05, 0.1) is 11.5 Å². The van der Waals surface area contributed by atoms with Crippen LogP contribution >= 0.6 is 0 Å². The van der Waals surface area contributed by atoms with Crippen molar-refractivity contribution in [3.63, 3.8) is 0 Å². The van der Waals surface area contributed by atoms with Crippen molar-refractivity contribution >= 4 is 16.1 Å². The SMILES string of the molecule is CCCCCCCCCCCCCCCC(=O)OCC(CO)OS(=O)(=O)c1ccc(C)cc1. The number of carbonyl (C=O) groups excluding carboxylic acids is 1. The molecule has 1 aromatic carbocycles. The molecule has 190 valence electrons. The van der Waals surface area contributed by atoms with Gasteiger partial charge >= 0.3 is 5.97 Å². The zero-order valence-electron chi connectivity index (χ0n) is 20.6. The van der Waals surface area contributed by atoms with Crippen molar-refractivity contribution in [2.24, 2.45) is 0 Å². The molecule has 0 aromatic heterocycles. The van der Waals surface area contributed by atoms with E-state index in [2.05, 4.69) is 6.92 Å². The number of aliphatic hydroxyl groups is 1. The molecule has 0 fully saturated rings. The van der Waals surface area contributed by atoms with Crippen LogP contribution in [0.2, 0.25) is 0 Å².